The van der Waals surface area contributed by atoms with Gasteiger partial charge in [-0.3, -0.25) is 5.50 Å². The molecule has 11 heavy (non-hydrogen) atoms. The Labute approximate surface area is 74.7 Å². The van der Waals surface area contributed by atoms with Crippen LogP contribution in [0.1, 0.15) is 0 Å². The topological polar surface area (TPSA) is 35.2 Å². The molecule has 0 radical (unpaired) electrons. The fourth-order valence-corrected chi connectivity index (χ4v) is 3.74. The molecule has 2 nitrogen and oxygen atoms in total. The van der Waals surface area contributed by atoms with Crippen molar-refractivity contribution in [2.75, 3.05) is 0 Å². The number of halogens is 1. The second-order valence-corrected chi connectivity index (χ2v) is 5.41. The Hall–Kier alpha value is 0.0500. The van der Waals surface area contributed by atoms with E-state index in [2.05, 4.69) is 0 Å². The molecule has 0 aliphatic carbocycles. The summed E-state index contributed by atoms with van der Waals surface area (Å²) in [5.41, 5.74) is 5.60. The lowest BCUT2D eigenvalue weighted by Crippen LogP contribution is -1.85. The molecule has 1 aromatic rings. The Morgan fingerprint density at radius 1 is 1.55 bits per heavy atom. The average molecular weight is 206 g/mol. The maximum absolute atomic E-state index is 5.89. The van der Waals surface area contributed by atoms with Crippen molar-refractivity contribution in [3.05, 3.63) is 23.2 Å². The minimum Gasteiger partial charge on any atom is -0.447 e. The summed E-state index contributed by atoms with van der Waals surface area (Å²) in [5.74, 6) is 0.816. The second kappa shape index (κ2) is 2.83. The first-order valence-electron chi connectivity index (χ1n) is 2.96. The van der Waals surface area contributed by atoms with Crippen molar-refractivity contribution >= 4 is 30.5 Å². The van der Waals surface area contributed by atoms with E-state index >= 15 is 0 Å². The number of fused-ring (bicyclic) bond motifs is 1. The second-order valence-electron chi connectivity index (χ2n) is 2.04. The summed E-state index contributed by atoms with van der Waals surface area (Å²) in [6.07, 6.45) is 0. The van der Waals surface area contributed by atoms with Crippen molar-refractivity contribution in [2.45, 2.75) is 4.90 Å². The van der Waals surface area contributed by atoms with Gasteiger partial charge in [0.25, 0.3) is 0 Å². The molecule has 0 aromatic heterocycles. The summed E-state index contributed by atoms with van der Waals surface area (Å²) < 4.78 is 5.31. The lowest BCUT2D eigenvalue weighted by Gasteiger charge is -1.97. The molecule has 0 fully saturated rings. The molecule has 58 valence electrons. The Bertz CT molecular complexity index is 296. The molecule has 5 heteroatoms. The predicted molar refractivity (Wildman–Crippen MR) is 49.0 cm³/mol. The van der Waals surface area contributed by atoms with E-state index in [1.54, 1.807) is 0 Å². The van der Waals surface area contributed by atoms with E-state index in [0.29, 0.717) is 0 Å². The van der Waals surface area contributed by atoms with Crippen molar-refractivity contribution in [2.24, 2.45) is 5.50 Å². The van der Waals surface area contributed by atoms with Crippen LogP contribution in [-0.2, 0) is 0 Å². The smallest absolute Gasteiger partial charge is 0.227 e. The lowest BCUT2D eigenvalue weighted by molar-refractivity contribution is 0.620. The van der Waals surface area contributed by atoms with Crippen molar-refractivity contribution < 1.29 is 4.52 Å². The highest BCUT2D eigenvalue weighted by molar-refractivity contribution is 8.54. The Balaban J connectivity index is 2.49. The summed E-state index contributed by atoms with van der Waals surface area (Å²) in [4.78, 5) is 0.975. The van der Waals surface area contributed by atoms with Crippen LogP contribution in [0.5, 0.6) is 5.75 Å². The molecule has 0 saturated carbocycles. The first-order chi connectivity index (χ1) is 5.27. The molecule has 2 rings (SSSR count). The zero-order valence-electron chi connectivity index (χ0n) is 5.45. The first kappa shape index (κ1) is 7.69. The van der Waals surface area contributed by atoms with E-state index in [0.717, 1.165) is 15.7 Å². The zero-order chi connectivity index (χ0) is 7.84. The molecule has 0 spiro atoms. The van der Waals surface area contributed by atoms with Gasteiger partial charge in [0.1, 0.15) is 5.75 Å². The van der Waals surface area contributed by atoms with Crippen LogP contribution < -0.4 is 10.0 Å². The SMILES string of the molecule is NP1Oc2cccc(Cl)c2S1. The van der Waals surface area contributed by atoms with E-state index in [1.165, 1.54) is 11.4 Å². The van der Waals surface area contributed by atoms with Gasteiger partial charge in [0.05, 0.1) is 9.92 Å². The summed E-state index contributed by atoms with van der Waals surface area (Å²) in [7, 11) is -0.876. The Morgan fingerprint density at radius 3 is 3.09 bits per heavy atom. The van der Waals surface area contributed by atoms with Crippen LogP contribution in [0, 0.1) is 0 Å². The molecule has 1 aliphatic heterocycles. The molecule has 2 N–H and O–H groups in total. The summed E-state index contributed by atoms with van der Waals surface area (Å²) in [6, 6.07) is 5.57. The molecule has 0 bridgehead atoms. The number of rotatable bonds is 0. The van der Waals surface area contributed by atoms with E-state index in [9.17, 15) is 0 Å². The highest BCUT2D eigenvalue weighted by Gasteiger charge is 2.23. The number of hydrogen-bond acceptors (Lipinski definition) is 3. The number of hydrogen-bond donors (Lipinski definition) is 1. The molecule has 1 atom stereocenters. The third-order valence-electron chi connectivity index (χ3n) is 1.30. The van der Waals surface area contributed by atoms with Gasteiger partial charge >= 0.3 is 0 Å². The monoisotopic (exact) mass is 205 g/mol. The fraction of sp³-hybridized carbons (Fsp3) is 0. The van der Waals surface area contributed by atoms with Gasteiger partial charge in [-0.05, 0) is 23.5 Å². The molecular formula is C6H5ClNOPS. The average Bonchev–Trinajstić information content (AvgIpc) is 2.31. The van der Waals surface area contributed by atoms with Gasteiger partial charge in [0, 0.05) is 0 Å². The third-order valence-corrected chi connectivity index (χ3v) is 4.20. The lowest BCUT2D eigenvalue weighted by atomic mass is 10.3. The normalized spacial score (nSPS) is 21.1. The van der Waals surface area contributed by atoms with Crippen LogP contribution in [0.25, 0.3) is 0 Å². The number of nitrogens with two attached hydrogens (primary N) is 1. The van der Waals surface area contributed by atoms with Gasteiger partial charge in [-0.15, -0.1) is 0 Å². The summed E-state index contributed by atoms with van der Waals surface area (Å²) >= 11 is 7.40. The van der Waals surface area contributed by atoms with Gasteiger partial charge in [0.15, 0.2) is 0 Å². The molecule has 0 saturated heterocycles. The quantitative estimate of drug-likeness (QED) is 0.662. The van der Waals surface area contributed by atoms with E-state index in [4.69, 9.17) is 21.6 Å². The largest absolute Gasteiger partial charge is 0.447 e. The van der Waals surface area contributed by atoms with Crippen molar-refractivity contribution in [1.82, 2.24) is 0 Å². The summed E-state index contributed by atoms with van der Waals surface area (Å²) in [6.45, 7) is 0. The van der Waals surface area contributed by atoms with Gasteiger partial charge < -0.3 is 4.52 Å². The van der Waals surface area contributed by atoms with E-state index < -0.39 is 7.50 Å². The summed E-state index contributed by atoms with van der Waals surface area (Å²) in [5, 5.41) is 0.725. The first-order valence-corrected chi connectivity index (χ1v) is 6.09. The van der Waals surface area contributed by atoms with Crippen LogP contribution in [0.2, 0.25) is 5.02 Å². The van der Waals surface area contributed by atoms with Gasteiger partial charge in [0.2, 0.25) is 7.50 Å². The Morgan fingerprint density at radius 2 is 2.36 bits per heavy atom. The van der Waals surface area contributed by atoms with Gasteiger partial charge in [-0.1, -0.05) is 17.7 Å². The molecular weight excluding hydrogens is 201 g/mol. The standard InChI is InChI=1S/C6H5ClNOPS/c7-4-2-1-3-5-6(4)11-10(8)9-5/h1-3H,8H2. The van der Waals surface area contributed by atoms with Crippen LogP contribution in [-0.4, -0.2) is 0 Å². The highest BCUT2D eigenvalue weighted by Crippen LogP contribution is 2.60. The van der Waals surface area contributed by atoms with Gasteiger partial charge in [-0.2, -0.15) is 0 Å². The van der Waals surface area contributed by atoms with Crippen molar-refractivity contribution in [3.63, 3.8) is 0 Å². The minimum atomic E-state index is -0.876. The highest BCUT2D eigenvalue weighted by atomic mass is 35.5. The fourth-order valence-electron chi connectivity index (χ4n) is 0.855. The van der Waals surface area contributed by atoms with Crippen molar-refractivity contribution in [1.29, 1.82) is 0 Å². The van der Waals surface area contributed by atoms with Crippen molar-refractivity contribution in [3.8, 4) is 5.75 Å². The van der Waals surface area contributed by atoms with Gasteiger partial charge in [-0.25, -0.2) is 0 Å². The molecule has 1 aromatic carbocycles. The number of benzene rings is 1. The maximum atomic E-state index is 5.89. The molecule has 0 amide bonds. The van der Waals surface area contributed by atoms with Crippen LogP contribution in [0.15, 0.2) is 23.1 Å². The van der Waals surface area contributed by atoms with Crippen LogP contribution in [0.3, 0.4) is 0 Å². The molecule has 1 unspecified atom stereocenters. The van der Waals surface area contributed by atoms with E-state index in [1.807, 2.05) is 18.2 Å². The van der Waals surface area contributed by atoms with Crippen LogP contribution in [0.4, 0.5) is 0 Å². The predicted octanol–water partition coefficient (Wildman–Crippen LogP) is 3.01. The maximum Gasteiger partial charge on any atom is 0.227 e. The third kappa shape index (κ3) is 1.34. The van der Waals surface area contributed by atoms with E-state index in [-0.39, 0.29) is 0 Å². The Kier molecular flexibility index (Phi) is 1.98. The minimum absolute atomic E-state index is 0.725. The molecule has 1 heterocycles. The van der Waals surface area contributed by atoms with Crippen LogP contribution >= 0.6 is 30.5 Å². The zero-order valence-corrected chi connectivity index (χ0v) is 7.92. The molecule has 1 aliphatic rings.